The van der Waals surface area contributed by atoms with Gasteiger partial charge in [0.2, 0.25) is 0 Å². The third-order valence-electron chi connectivity index (χ3n) is 2.38. The molecule has 7 heteroatoms. The summed E-state index contributed by atoms with van der Waals surface area (Å²) in [6.45, 7) is 1.59. The number of nitrogens with zero attached hydrogens (tertiary/aromatic N) is 1. The molecule has 5 nitrogen and oxygen atoms in total. The second-order valence-corrected chi connectivity index (χ2v) is 4.59. The largest absolute Gasteiger partial charge is 0.385 e. The Hall–Kier alpha value is -0.750. The molecule has 0 amide bonds. The number of nitrogens with one attached hydrogen (secondary N) is 2. The number of halogens is 2. The highest BCUT2D eigenvalue weighted by atomic mass is 35.5. The van der Waals surface area contributed by atoms with Gasteiger partial charge in [-0.3, -0.25) is 0 Å². The van der Waals surface area contributed by atoms with Crippen molar-refractivity contribution in [2.24, 2.45) is 5.84 Å². The number of methoxy groups -OCH3 is 1. The Bertz CT molecular complexity index is 376. The molecule has 0 spiro atoms. The van der Waals surface area contributed by atoms with Crippen LogP contribution in [0.1, 0.15) is 19.3 Å². The second-order valence-electron chi connectivity index (χ2n) is 3.77. The lowest BCUT2D eigenvalue weighted by atomic mass is 10.2. The van der Waals surface area contributed by atoms with Crippen molar-refractivity contribution in [3.8, 4) is 0 Å². The van der Waals surface area contributed by atoms with E-state index in [1.165, 1.54) is 0 Å². The van der Waals surface area contributed by atoms with Crippen molar-refractivity contribution in [1.82, 2.24) is 4.98 Å². The second kappa shape index (κ2) is 8.37. The minimum atomic E-state index is 0.396. The van der Waals surface area contributed by atoms with Crippen LogP contribution in [0.3, 0.4) is 0 Å². The molecule has 0 aliphatic carbocycles. The van der Waals surface area contributed by atoms with Crippen molar-refractivity contribution >= 4 is 34.8 Å². The van der Waals surface area contributed by atoms with Gasteiger partial charge in [-0.1, -0.05) is 23.2 Å². The zero-order valence-corrected chi connectivity index (χ0v) is 11.8. The van der Waals surface area contributed by atoms with Crippen LogP contribution < -0.4 is 16.6 Å². The molecule has 0 aromatic carbocycles. The molecule has 0 saturated heterocycles. The topological polar surface area (TPSA) is 72.2 Å². The first-order chi connectivity index (χ1) is 8.69. The molecule has 18 heavy (non-hydrogen) atoms. The van der Waals surface area contributed by atoms with E-state index in [-0.39, 0.29) is 0 Å². The van der Waals surface area contributed by atoms with Crippen molar-refractivity contribution in [2.75, 3.05) is 31.0 Å². The molecule has 1 aromatic rings. The summed E-state index contributed by atoms with van der Waals surface area (Å²) in [6, 6.07) is 1.61. The molecular weight excluding hydrogens is 275 g/mol. The van der Waals surface area contributed by atoms with Crippen LogP contribution in [0.25, 0.3) is 0 Å². The highest BCUT2D eigenvalue weighted by Crippen LogP contribution is 2.28. The molecule has 1 rings (SSSR count). The van der Waals surface area contributed by atoms with E-state index in [1.54, 1.807) is 13.2 Å². The first-order valence-corrected chi connectivity index (χ1v) is 6.50. The van der Waals surface area contributed by atoms with Gasteiger partial charge < -0.3 is 15.5 Å². The van der Waals surface area contributed by atoms with Gasteiger partial charge in [0.05, 0.1) is 10.0 Å². The molecule has 102 valence electrons. The number of aromatic nitrogens is 1. The van der Waals surface area contributed by atoms with E-state index in [0.29, 0.717) is 21.7 Å². The van der Waals surface area contributed by atoms with Gasteiger partial charge in [-0.2, -0.15) is 0 Å². The van der Waals surface area contributed by atoms with Crippen LogP contribution in [-0.4, -0.2) is 25.2 Å². The Morgan fingerprint density at radius 1 is 1.22 bits per heavy atom. The summed E-state index contributed by atoms with van der Waals surface area (Å²) >= 11 is 11.9. The van der Waals surface area contributed by atoms with Crippen molar-refractivity contribution in [1.29, 1.82) is 0 Å². The molecule has 0 fully saturated rings. The number of rotatable bonds is 8. The molecule has 0 saturated carbocycles. The Morgan fingerprint density at radius 3 is 2.61 bits per heavy atom. The molecule has 0 bridgehead atoms. The maximum atomic E-state index is 6.02. The zero-order valence-electron chi connectivity index (χ0n) is 10.3. The Morgan fingerprint density at radius 2 is 1.94 bits per heavy atom. The molecule has 1 aromatic heterocycles. The van der Waals surface area contributed by atoms with Gasteiger partial charge in [-0.15, -0.1) is 0 Å². The lowest BCUT2D eigenvalue weighted by molar-refractivity contribution is 0.192. The first-order valence-electron chi connectivity index (χ1n) is 5.74. The van der Waals surface area contributed by atoms with Crippen LogP contribution in [0.4, 0.5) is 11.6 Å². The SMILES string of the molecule is COCCCCCNc1nc(NN)c(Cl)cc1Cl. The smallest absolute Gasteiger partial charge is 0.161 e. The van der Waals surface area contributed by atoms with Crippen LogP contribution in [0.2, 0.25) is 10.0 Å². The number of anilines is 2. The third-order valence-corrected chi connectivity index (χ3v) is 2.96. The van der Waals surface area contributed by atoms with E-state index in [4.69, 9.17) is 33.8 Å². The van der Waals surface area contributed by atoms with E-state index in [2.05, 4.69) is 15.7 Å². The van der Waals surface area contributed by atoms with Gasteiger partial charge >= 0.3 is 0 Å². The molecular formula is C11H18Cl2N4O. The monoisotopic (exact) mass is 292 g/mol. The quantitative estimate of drug-likeness (QED) is 0.390. The maximum Gasteiger partial charge on any atom is 0.161 e. The van der Waals surface area contributed by atoms with Gasteiger partial charge in [0.15, 0.2) is 5.82 Å². The Kier molecular flexibility index (Phi) is 7.12. The van der Waals surface area contributed by atoms with Crippen molar-refractivity contribution in [3.05, 3.63) is 16.1 Å². The summed E-state index contributed by atoms with van der Waals surface area (Å²) < 4.78 is 4.98. The number of nitrogen functional groups attached to an aromatic ring is 1. The molecule has 0 aliphatic heterocycles. The summed E-state index contributed by atoms with van der Waals surface area (Å²) in [5.41, 5.74) is 2.42. The Balaban J connectivity index is 2.42. The molecule has 0 atom stereocenters. The standard InChI is InChI=1S/C11H18Cl2N4O/c1-18-6-4-2-3-5-15-10-8(12)7-9(13)11(16-10)17-14/h7H,2-6,14H2,1H3,(H2,15,16,17). The van der Waals surface area contributed by atoms with Crippen molar-refractivity contribution < 1.29 is 4.74 Å². The normalized spacial score (nSPS) is 10.4. The average Bonchev–Trinajstić information content (AvgIpc) is 2.36. The summed E-state index contributed by atoms with van der Waals surface area (Å²) in [5.74, 6) is 6.29. The van der Waals surface area contributed by atoms with Gasteiger partial charge in [0.1, 0.15) is 5.82 Å². The zero-order chi connectivity index (χ0) is 13.4. The third kappa shape index (κ3) is 4.86. The van der Waals surface area contributed by atoms with Crippen LogP contribution in [0, 0.1) is 0 Å². The molecule has 0 unspecified atom stereocenters. The van der Waals surface area contributed by atoms with E-state index in [0.717, 1.165) is 32.4 Å². The number of hydrogen-bond acceptors (Lipinski definition) is 5. The average molecular weight is 293 g/mol. The van der Waals surface area contributed by atoms with E-state index >= 15 is 0 Å². The van der Waals surface area contributed by atoms with Gasteiger partial charge in [-0.05, 0) is 25.3 Å². The lowest BCUT2D eigenvalue weighted by Gasteiger charge is -2.10. The molecule has 1 heterocycles. The van der Waals surface area contributed by atoms with Gasteiger partial charge in [-0.25, -0.2) is 10.8 Å². The van der Waals surface area contributed by atoms with Crippen LogP contribution in [0.5, 0.6) is 0 Å². The highest BCUT2D eigenvalue weighted by Gasteiger charge is 2.07. The van der Waals surface area contributed by atoms with Gasteiger partial charge in [0.25, 0.3) is 0 Å². The summed E-state index contributed by atoms with van der Waals surface area (Å²) in [5, 5.41) is 4.03. The number of unbranched alkanes of at least 4 members (excludes halogenated alkanes) is 2. The molecule has 0 aliphatic rings. The lowest BCUT2D eigenvalue weighted by Crippen LogP contribution is -2.11. The number of hydrogen-bond donors (Lipinski definition) is 3. The first kappa shape index (κ1) is 15.3. The summed E-state index contributed by atoms with van der Waals surface area (Å²) in [6.07, 6.45) is 3.17. The number of ether oxygens (including phenoxy) is 1. The van der Waals surface area contributed by atoms with E-state index < -0.39 is 0 Å². The summed E-state index contributed by atoms with van der Waals surface area (Å²) in [7, 11) is 1.71. The van der Waals surface area contributed by atoms with Crippen LogP contribution >= 0.6 is 23.2 Å². The fourth-order valence-corrected chi connectivity index (χ4v) is 1.93. The predicted molar refractivity (Wildman–Crippen MR) is 76.3 cm³/mol. The van der Waals surface area contributed by atoms with Crippen molar-refractivity contribution in [3.63, 3.8) is 0 Å². The fraction of sp³-hybridized carbons (Fsp3) is 0.545. The number of nitrogens with two attached hydrogens (primary N) is 1. The Labute approximate surface area is 117 Å². The minimum absolute atomic E-state index is 0.396. The molecule has 0 radical (unpaired) electrons. The summed E-state index contributed by atoms with van der Waals surface area (Å²) in [4.78, 5) is 4.19. The highest BCUT2D eigenvalue weighted by molar-refractivity contribution is 6.37. The minimum Gasteiger partial charge on any atom is -0.385 e. The van der Waals surface area contributed by atoms with Gasteiger partial charge in [0, 0.05) is 20.3 Å². The maximum absolute atomic E-state index is 6.02. The van der Waals surface area contributed by atoms with Crippen LogP contribution in [-0.2, 0) is 4.74 Å². The van der Waals surface area contributed by atoms with E-state index in [9.17, 15) is 0 Å². The number of pyridine rings is 1. The molecule has 4 N–H and O–H groups in total. The van der Waals surface area contributed by atoms with Crippen molar-refractivity contribution in [2.45, 2.75) is 19.3 Å². The fourth-order valence-electron chi connectivity index (χ4n) is 1.45. The van der Waals surface area contributed by atoms with E-state index in [1.807, 2.05) is 0 Å². The number of hydrazine groups is 1. The van der Waals surface area contributed by atoms with Crippen LogP contribution in [0.15, 0.2) is 6.07 Å². The predicted octanol–water partition coefficient (Wildman–Crippen LogP) is 2.90.